The van der Waals surface area contributed by atoms with Gasteiger partial charge in [-0.15, -0.1) is 0 Å². The van der Waals surface area contributed by atoms with Gasteiger partial charge in [0.2, 0.25) is 0 Å². The zero-order valence-corrected chi connectivity index (χ0v) is 13.1. The Morgan fingerprint density at radius 2 is 1.65 bits per heavy atom. The first-order chi connectivity index (χ1) is 10.7. The Kier molecular flexibility index (Phi) is 6.71. The fourth-order valence-corrected chi connectivity index (χ4v) is 1.65. The van der Waals surface area contributed by atoms with Crippen molar-refractivity contribution in [2.24, 2.45) is 0 Å². The van der Waals surface area contributed by atoms with Crippen molar-refractivity contribution in [2.75, 3.05) is 13.2 Å². The van der Waals surface area contributed by atoms with Gasteiger partial charge in [-0.05, 0) is 38.1 Å². The minimum Gasteiger partial charge on any atom is -0.490 e. The molecule has 7 heteroatoms. The van der Waals surface area contributed by atoms with E-state index in [9.17, 15) is 19.5 Å². The number of hydrogen-bond donors (Lipinski definition) is 2. The van der Waals surface area contributed by atoms with Gasteiger partial charge in [-0.1, -0.05) is 0 Å². The maximum absolute atomic E-state index is 11.8. The van der Waals surface area contributed by atoms with Gasteiger partial charge in [-0.2, -0.15) is 0 Å². The summed E-state index contributed by atoms with van der Waals surface area (Å²) in [6, 6.07) is 6.22. The number of carboxylic acid groups (broad SMARTS) is 1. The molecule has 0 aromatic heterocycles. The van der Waals surface area contributed by atoms with Crippen LogP contribution in [0, 0.1) is 0 Å². The van der Waals surface area contributed by atoms with Crippen LogP contribution in [0.25, 0.3) is 0 Å². The summed E-state index contributed by atoms with van der Waals surface area (Å²) in [4.78, 5) is 33.3. The Labute approximate surface area is 133 Å². The zero-order chi connectivity index (χ0) is 17.5. The van der Waals surface area contributed by atoms with Gasteiger partial charge < -0.3 is 19.7 Å². The Hall–Kier alpha value is -2.41. The number of Topliss-reactive ketones (excluding diaryl/α,β-unsaturated/α-hetero) is 1. The van der Waals surface area contributed by atoms with Crippen molar-refractivity contribution in [2.45, 2.75) is 32.3 Å². The normalized spacial score (nSPS) is 10.9. The van der Waals surface area contributed by atoms with Crippen LogP contribution in [0.4, 0.5) is 0 Å². The number of carboxylic acids is 1. The maximum atomic E-state index is 11.8. The molecule has 0 atom stereocenters. The highest BCUT2D eigenvalue weighted by molar-refractivity contribution is 6.01. The summed E-state index contributed by atoms with van der Waals surface area (Å²) in [5.41, 5.74) is -1.07. The first-order valence-corrected chi connectivity index (χ1v) is 7.07. The van der Waals surface area contributed by atoms with E-state index in [0.29, 0.717) is 11.3 Å². The van der Waals surface area contributed by atoms with Crippen LogP contribution >= 0.6 is 0 Å². The minimum absolute atomic E-state index is 0.00278. The summed E-state index contributed by atoms with van der Waals surface area (Å²) < 4.78 is 10.1. The van der Waals surface area contributed by atoms with Crippen molar-refractivity contribution in [1.29, 1.82) is 0 Å². The minimum atomic E-state index is -1.44. The molecule has 0 spiro atoms. The van der Waals surface area contributed by atoms with Crippen LogP contribution in [0.1, 0.15) is 37.0 Å². The molecule has 0 aliphatic carbocycles. The highest BCUT2D eigenvalue weighted by atomic mass is 16.6. The van der Waals surface area contributed by atoms with Gasteiger partial charge in [0.05, 0.1) is 12.8 Å². The van der Waals surface area contributed by atoms with Gasteiger partial charge in [0.1, 0.15) is 24.6 Å². The number of carbonyl (C=O) groups is 3. The molecule has 0 unspecified atom stereocenters. The monoisotopic (exact) mass is 324 g/mol. The van der Waals surface area contributed by atoms with Gasteiger partial charge in [0, 0.05) is 5.56 Å². The van der Waals surface area contributed by atoms with Crippen molar-refractivity contribution in [1.82, 2.24) is 0 Å². The number of rotatable bonds is 9. The van der Waals surface area contributed by atoms with E-state index >= 15 is 0 Å². The van der Waals surface area contributed by atoms with Crippen molar-refractivity contribution in [3.63, 3.8) is 0 Å². The van der Waals surface area contributed by atoms with Crippen molar-refractivity contribution in [3.8, 4) is 5.75 Å². The molecule has 0 saturated carbocycles. The molecule has 23 heavy (non-hydrogen) atoms. The van der Waals surface area contributed by atoms with Crippen LogP contribution < -0.4 is 4.74 Å². The molecule has 0 amide bonds. The molecule has 1 aromatic rings. The molecule has 0 bridgehead atoms. The Morgan fingerprint density at radius 1 is 1.04 bits per heavy atom. The van der Waals surface area contributed by atoms with Crippen LogP contribution in [-0.4, -0.2) is 46.7 Å². The highest BCUT2D eigenvalue weighted by Crippen LogP contribution is 2.17. The van der Waals surface area contributed by atoms with E-state index < -0.39 is 23.3 Å². The van der Waals surface area contributed by atoms with Gasteiger partial charge in [-0.3, -0.25) is 14.4 Å². The van der Waals surface area contributed by atoms with Gasteiger partial charge in [-0.25, -0.2) is 0 Å². The molecule has 0 heterocycles. The molecule has 2 N–H and O–H groups in total. The lowest BCUT2D eigenvalue weighted by molar-refractivity contribution is -0.148. The van der Waals surface area contributed by atoms with Crippen LogP contribution in [0.15, 0.2) is 24.3 Å². The standard InChI is InChI=1S/C16H20O7/c1-16(2,21)15(20)11-3-5-12(6-4-11)22-9-10-23-14(19)8-7-13(17)18/h3-6,21H,7-10H2,1-2H3,(H,17,18). The molecule has 0 aliphatic heterocycles. The average Bonchev–Trinajstić information content (AvgIpc) is 2.48. The molecule has 7 nitrogen and oxygen atoms in total. The topological polar surface area (TPSA) is 110 Å². The quantitative estimate of drug-likeness (QED) is 0.401. The van der Waals surface area contributed by atoms with E-state index in [1.807, 2.05) is 0 Å². The van der Waals surface area contributed by atoms with Crippen molar-refractivity contribution < 1.29 is 34.1 Å². The van der Waals surface area contributed by atoms with E-state index in [2.05, 4.69) is 0 Å². The summed E-state index contributed by atoms with van der Waals surface area (Å²) in [7, 11) is 0. The number of esters is 1. The van der Waals surface area contributed by atoms with Gasteiger partial charge in [0.15, 0.2) is 5.78 Å². The second-order valence-electron chi connectivity index (χ2n) is 5.38. The van der Waals surface area contributed by atoms with Crippen LogP contribution in [-0.2, 0) is 14.3 Å². The second-order valence-corrected chi connectivity index (χ2v) is 5.38. The van der Waals surface area contributed by atoms with Crippen LogP contribution in [0.5, 0.6) is 5.75 Å². The Balaban J connectivity index is 2.35. The predicted octanol–water partition coefficient (Wildman–Crippen LogP) is 1.43. The van der Waals surface area contributed by atoms with Crippen molar-refractivity contribution >= 4 is 17.7 Å². The third kappa shape index (κ3) is 6.92. The fourth-order valence-electron chi connectivity index (χ4n) is 1.65. The summed E-state index contributed by atoms with van der Waals surface area (Å²) >= 11 is 0. The molecule has 0 saturated heterocycles. The third-order valence-corrected chi connectivity index (χ3v) is 2.83. The highest BCUT2D eigenvalue weighted by Gasteiger charge is 2.24. The molecule has 126 valence electrons. The van der Waals surface area contributed by atoms with Crippen LogP contribution in [0.3, 0.4) is 0 Å². The summed E-state index contributed by atoms with van der Waals surface area (Å²) in [6.45, 7) is 2.94. The fraction of sp³-hybridized carbons (Fsp3) is 0.438. The lowest BCUT2D eigenvalue weighted by Gasteiger charge is -2.15. The summed E-state index contributed by atoms with van der Waals surface area (Å²) in [5.74, 6) is -1.56. The molecule has 0 aliphatic rings. The number of aliphatic hydroxyl groups is 1. The van der Waals surface area contributed by atoms with Crippen molar-refractivity contribution in [3.05, 3.63) is 29.8 Å². The number of carbonyl (C=O) groups excluding carboxylic acids is 2. The first-order valence-electron chi connectivity index (χ1n) is 7.07. The van der Waals surface area contributed by atoms with E-state index in [4.69, 9.17) is 14.6 Å². The molecular weight excluding hydrogens is 304 g/mol. The lowest BCUT2D eigenvalue weighted by Crippen LogP contribution is -2.30. The van der Waals surface area contributed by atoms with Gasteiger partial charge >= 0.3 is 11.9 Å². The molecule has 1 rings (SSSR count). The smallest absolute Gasteiger partial charge is 0.306 e. The zero-order valence-electron chi connectivity index (χ0n) is 13.1. The van der Waals surface area contributed by atoms with E-state index in [0.717, 1.165) is 0 Å². The summed E-state index contributed by atoms with van der Waals surface area (Å²) in [6.07, 6.45) is -0.445. The molecule has 1 aromatic carbocycles. The van der Waals surface area contributed by atoms with Gasteiger partial charge in [0.25, 0.3) is 0 Å². The predicted molar refractivity (Wildman–Crippen MR) is 80.4 cm³/mol. The molecular formula is C16H20O7. The van der Waals surface area contributed by atoms with E-state index in [1.165, 1.54) is 26.0 Å². The molecule has 0 radical (unpaired) electrons. The number of ether oxygens (including phenoxy) is 2. The largest absolute Gasteiger partial charge is 0.490 e. The SMILES string of the molecule is CC(C)(O)C(=O)c1ccc(OCCOC(=O)CCC(=O)O)cc1. The Bertz CT molecular complexity index is 555. The molecule has 0 fully saturated rings. The second kappa shape index (κ2) is 8.28. The first kappa shape index (κ1) is 18.6. The lowest BCUT2D eigenvalue weighted by atomic mass is 9.97. The number of hydrogen-bond acceptors (Lipinski definition) is 6. The number of ketones is 1. The number of benzene rings is 1. The Morgan fingerprint density at radius 3 is 2.17 bits per heavy atom. The van der Waals surface area contributed by atoms with E-state index in [1.54, 1.807) is 12.1 Å². The number of aliphatic carboxylic acids is 1. The van der Waals surface area contributed by atoms with E-state index in [-0.39, 0.29) is 26.1 Å². The summed E-state index contributed by atoms with van der Waals surface area (Å²) in [5, 5.41) is 18.1. The maximum Gasteiger partial charge on any atom is 0.306 e. The average molecular weight is 324 g/mol. The third-order valence-electron chi connectivity index (χ3n) is 2.83. The van der Waals surface area contributed by atoms with Crippen LogP contribution in [0.2, 0.25) is 0 Å².